The zero-order chi connectivity index (χ0) is 21.0. The van der Waals surface area contributed by atoms with Crippen LogP contribution in [0.1, 0.15) is 23.0 Å². The summed E-state index contributed by atoms with van der Waals surface area (Å²) < 4.78 is 19.4. The summed E-state index contributed by atoms with van der Waals surface area (Å²) in [5, 5.41) is 17.0. The Labute approximate surface area is 166 Å². The monoisotopic (exact) mass is 398 g/mol. The summed E-state index contributed by atoms with van der Waals surface area (Å²) in [6.45, 7) is 3.19. The average Bonchev–Trinajstić information content (AvgIpc) is 3.19. The van der Waals surface area contributed by atoms with Crippen molar-refractivity contribution in [3.63, 3.8) is 0 Å². The first-order valence-corrected chi connectivity index (χ1v) is 8.84. The molecule has 29 heavy (non-hydrogen) atoms. The van der Waals surface area contributed by atoms with Crippen LogP contribution in [-0.4, -0.2) is 44.9 Å². The van der Waals surface area contributed by atoms with E-state index in [1.165, 1.54) is 18.3 Å². The maximum Gasteiger partial charge on any atom is 0.325 e. The first-order chi connectivity index (χ1) is 13.9. The molecule has 0 spiro atoms. The second kappa shape index (κ2) is 8.51. The van der Waals surface area contributed by atoms with Gasteiger partial charge in [-0.05, 0) is 38.1 Å². The lowest BCUT2D eigenvalue weighted by Crippen LogP contribution is -2.31. The predicted octanol–water partition coefficient (Wildman–Crippen LogP) is 2.38. The Morgan fingerprint density at radius 2 is 1.97 bits per heavy atom. The van der Waals surface area contributed by atoms with Crippen molar-refractivity contribution in [1.29, 1.82) is 0 Å². The molecule has 0 saturated heterocycles. The smallest absolute Gasteiger partial charge is 0.325 e. The lowest BCUT2D eigenvalue weighted by molar-refractivity contribution is -0.141. The lowest BCUT2D eigenvalue weighted by Gasteiger charge is -2.10. The molecular formula is C20H19FN4O4. The number of nitrogens with zero attached hydrogens (tertiary/aromatic N) is 3. The van der Waals surface area contributed by atoms with Crippen molar-refractivity contribution in [3.05, 3.63) is 59.9 Å². The fourth-order valence-corrected chi connectivity index (χ4v) is 2.69. The normalized spacial score (nSPS) is 10.6. The molecular weight excluding hydrogens is 379 g/mol. The number of hydrogen-bond donors (Lipinski definition) is 2. The molecule has 150 valence electrons. The fraction of sp³-hybridized carbons (Fsp3) is 0.200. The number of ether oxygens (including phenoxy) is 1. The summed E-state index contributed by atoms with van der Waals surface area (Å²) in [7, 11) is 0. The Balaban J connectivity index is 1.82. The molecule has 1 aromatic carbocycles. The molecule has 2 heterocycles. The number of amides is 1. The van der Waals surface area contributed by atoms with Crippen molar-refractivity contribution in [2.24, 2.45) is 0 Å². The van der Waals surface area contributed by atoms with E-state index in [2.05, 4.69) is 15.4 Å². The molecule has 2 aromatic heterocycles. The highest BCUT2D eigenvalue weighted by atomic mass is 19.1. The van der Waals surface area contributed by atoms with Gasteiger partial charge in [-0.2, -0.15) is 5.10 Å². The summed E-state index contributed by atoms with van der Waals surface area (Å²) in [5.41, 5.74) is 2.15. The van der Waals surface area contributed by atoms with Gasteiger partial charge in [-0.1, -0.05) is 0 Å². The van der Waals surface area contributed by atoms with Gasteiger partial charge < -0.3 is 15.2 Å². The van der Waals surface area contributed by atoms with Crippen molar-refractivity contribution in [3.8, 4) is 22.6 Å². The van der Waals surface area contributed by atoms with Gasteiger partial charge in [-0.25, -0.2) is 14.1 Å². The van der Waals surface area contributed by atoms with Crippen molar-refractivity contribution >= 4 is 11.9 Å². The molecule has 0 aliphatic heterocycles. The van der Waals surface area contributed by atoms with E-state index < -0.39 is 11.9 Å². The highest BCUT2D eigenvalue weighted by Crippen LogP contribution is 2.31. The van der Waals surface area contributed by atoms with E-state index in [1.807, 2.05) is 0 Å². The van der Waals surface area contributed by atoms with Crippen LogP contribution in [-0.2, 0) is 9.53 Å². The van der Waals surface area contributed by atoms with Crippen LogP contribution < -0.4 is 5.32 Å². The van der Waals surface area contributed by atoms with E-state index >= 15 is 0 Å². The van der Waals surface area contributed by atoms with Crippen LogP contribution in [0.4, 0.5) is 4.39 Å². The van der Waals surface area contributed by atoms with E-state index in [0.29, 0.717) is 22.4 Å². The van der Waals surface area contributed by atoms with Gasteiger partial charge in [0.25, 0.3) is 5.91 Å². The minimum absolute atomic E-state index is 0.193. The van der Waals surface area contributed by atoms with Crippen LogP contribution in [0.2, 0.25) is 0 Å². The quantitative estimate of drug-likeness (QED) is 0.618. The molecule has 9 heteroatoms. The lowest BCUT2D eigenvalue weighted by atomic mass is 10.0. The number of hydrogen-bond acceptors (Lipinski definition) is 6. The Kier molecular flexibility index (Phi) is 5.87. The number of pyridine rings is 1. The first-order valence-electron chi connectivity index (χ1n) is 8.84. The van der Waals surface area contributed by atoms with E-state index in [9.17, 15) is 19.1 Å². The molecule has 0 bridgehead atoms. The first kappa shape index (κ1) is 20.0. The van der Waals surface area contributed by atoms with E-state index in [4.69, 9.17) is 4.74 Å². The average molecular weight is 398 g/mol. The van der Waals surface area contributed by atoms with Gasteiger partial charge in [-0.15, -0.1) is 0 Å². The van der Waals surface area contributed by atoms with Gasteiger partial charge in [0.2, 0.25) is 0 Å². The molecule has 0 fully saturated rings. The number of halogens is 1. The Morgan fingerprint density at radius 1 is 1.24 bits per heavy atom. The van der Waals surface area contributed by atoms with Gasteiger partial charge in [-0.3, -0.25) is 9.59 Å². The van der Waals surface area contributed by atoms with Crippen molar-refractivity contribution in [1.82, 2.24) is 20.1 Å². The number of nitrogens with one attached hydrogen (secondary N) is 1. The second-order valence-corrected chi connectivity index (χ2v) is 6.13. The molecule has 1 amide bonds. The van der Waals surface area contributed by atoms with Crippen LogP contribution in [0, 0.1) is 12.7 Å². The molecule has 2 N–H and O–H groups in total. The van der Waals surface area contributed by atoms with E-state index in [1.54, 1.807) is 43.1 Å². The third kappa shape index (κ3) is 4.40. The second-order valence-electron chi connectivity index (χ2n) is 6.13. The number of benzene rings is 1. The zero-order valence-electron chi connectivity index (χ0n) is 15.8. The number of carbonyl (C=O) groups is 2. The Bertz CT molecular complexity index is 1050. The SMILES string of the molecule is CCOC(=O)CNC(=O)c1ncc(-c2cnn(-c3ccc(F)cc3)c2)c(C)c1O. The minimum Gasteiger partial charge on any atom is -0.505 e. The number of aromatic nitrogens is 3. The molecule has 0 aliphatic rings. The maximum absolute atomic E-state index is 13.1. The molecule has 3 aromatic rings. The van der Waals surface area contributed by atoms with Crippen molar-refractivity contribution in [2.45, 2.75) is 13.8 Å². The van der Waals surface area contributed by atoms with Crippen LogP contribution in [0.3, 0.4) is 0 Å². The zero-order valence-corrected chi connectivity index (χ0v) is 15.8. The molecule has 8 nitrogen and oxygen atoms in total. The van der Waals surface area contributed by atoms with Crippen molar-refractivity contribution < 1.29 is 23.8 Å². The summed E-state index contributed by atoms with van der Waals surface area (Å²) in [5.74, 6) is -1.91. The predicted molar refractivity (Wildman–Crippen MR) is 102 cm³/mol. The van der Waals surface area contributed by atoms with Crippen molar-refractivity contribution in [2.75, 3.05) is 13.2 Å². The molecule has 0 saturated carbocycles. The van der Waals surface area contributed by atoms with Gasteiger partial charge in [0.1, 0.15) is 18.1 Å². The third-order valence-electron chi connectivity index (χ3n) is 4.20. The molecule has 0 radical (unpaired) electrons. The van der Waals surface area contributed by atoms with Crippen LogP contribution in [0.25, 0.3) is 16.8 Å². The molecule has 0 aliphatic carbocycles. The summed E-state index contributed by atoms with van der Waals surface area (Å²) in [4.78, 5) is 27.6. The van der Waals surface area contributed by atoms with Crippen LogP contribution in [0.15, 0.2) is 42.9 Å². The topological polar surface area (TPSA) is 106 Å². The highest BCUT2D eigenvalue weighted by Gasteiger charge is 2.19. The fourth-order valence-electron chi connectivity index (χ4n) is 2.69. The largest absolute Gasteiger partial charge is 0.505 e. The number of carbonyl (C=O) groups excluding carboxylic acids is 2. The van der Waals surface area contributed by atoms with Crippen LogP contribution >= 0.6 is 0 Å². The van der Waals surface area contributed by atoms with Crippen LogP contribution in [0.5, 0.6) is 5.75 Å². The van der Waals surface area contributed by atoms with Gasteiger partial charge >= 0.3 is 5.97 Å². The minimum atomic E-state index is -0.688. The van der Waals surface area contributed by atoms with E-state index in [0.717, 1.165) is 0 Å². The summed E-state index contributed by atoms with van der Waals surface area (Å²) in [6, 6.07) is 5.84. The number of esters is 1. The molecule has 3 rings (SSSR count). The van der Waals surface area contributed by atoms with Gasteiger partial charge in [0.15, 0.2) is 5.69 Å². The Morgan fingerprint density at radius 3 is 2.66 bits per heavy atom. The standard InChI is InChI=1S/C20H19FN4O4/c1-3-29-17(26)10-23-20(28)18-19(27)12(2)16(9-22-18)13-8-24-25(11-13)15-6-4-14(21)5-7-15/h4-9,11,27H,3,10H2,1-2H3,(H,23,28). The Hall–Kier alpha value is -3.75. The number of rotatable bonds is 6. The van der Waals surface area contributed by atoms with Gasteiger partial charge in [0, 0.05) is 29.1 Å². The number of aromatic hydroxyl groups is 1. The molecule has 0 atom stereocenters. The molecule has 0 unspecified atom stereocenters. The van der Waals surface area contributed by atoms with E-state index in [-0.39, 0.29) is 30.4 Å². The summed E-state index contributed by atoms with van der Waals surface area (Å²) >= 11 is 0. The maximum atomic E-state index is 13.1. The van der Waals surface area contributed by atoms with Gasteiger partial charge in [0.05, 0.1) is 18.5 Å². The third-order valence-corrected chi connectivity index (χ3v) is 4.20. The summed E-state index contributed by atoms with van der Waals surface area (Å²) in [6.07, 6.45) is 4.73. The highest BCUT2D eigenvalue weighted by molar-refractivity contribution is 5.97.